The summed E-state index contributed by atoms with van der Waals surface area (Å²) in [5.74, 6) is 0.588. The van der Waals surface area contributed by atoms with Crippen LogP contribution in [0.15, 0.2) is 0 Å². The average molecular weight is 198 g/mol. The number of hydrogen-bond acceptors (Lipinski definition) is 4. The Bertz CT molecular complexity index is 220. The number of ether oxygens (including phenoxy) is 1. The maximum atomic E-state index is 11.1. The number of nitrogens with zero attached hydrogens (tertiary/aromatic N) is 1. The van der Waals surface area contributed by atoms with Crippen LogP contribution in [0, 0.1) is 5.92 Å². The lowest BCUT2D eigenvalue weighted by atomic mass is 10.1. The van der Waals surface area contributed by atoms with Crippen molar-refractivity contribution < 1.29 is 9.53 Å². The molecule has 2 unspecified atom stereocenters. The van der Waals surface area contributed by atoms with Crippen LogP contribution in [-0.2, 0) is 9.53 Å². The first kappa shape index (κ1) is 9.93. The van der Waals surface area contributed by atoms with E-state index in [1.54, 1.807) is 0 Å². The van der Waals surface area contributed by atoms with Gasteiger partial charge in [0.2, 0.25) is 0 Å². The van der Waals surface area contributed by atoms with E-state index in [1.165, 1.54) is 12.8 Å². The number of carbonyl (C=O) groups excluding carboxylic acids is 1. The summed E-state index contributed by atoms with van der Waals surface area (Å²) in [6, 6.07) is 0.566. The Morgan fingerprint density at radius 3 is 3.00 bits per heavy atom. The van der Waals surface area contributed by atoms with Crippen LogP contribution < -0.4 is 5.73 Å². The van der Waals surface area contributed by atoms with E-state index in [1.807, 2.05) is 0 Å². The third-order valence-corrected chi connectivity index (χ3v) is 3.34. The molecule has 14 heavy (non-hydrogen) atoms. The van der Waals surface area contributed by atoms with Gasteiger partial charge >= 0.3 is 5.97 Å². The minimum atomic E-state index is -0.0764. The Hall–Kier alpha value is -0.610. The maximum Gasteiger partial charge on any atom is 0.320 e. The van der Waals surface area contributed by atoms with Crippen LogP contribution >= 0.6 is 0 Å². The topological polar surface area (TPSA) is 55.6 Å². The molecular weight excluding hydrogens is 180 g/mol. The lowest BCUT2D eigenvalue weighted by Crippen LogP contribution is -2.45. The van der Waals surface area contributed by atoms with Crippen LogP contribution in [0.4, 0.5) is 0 Å². The molecule has 1 aliphatic heterocycles. The van der Waals surface area contributed by atoms with Crippen molar-refractivity contribution in [3.05, 3.63) is 0 Å². The van der Waals surface area contributed by atoms with Crippen LogP contribution in [0.25, 0.3) is 0 Å². The third-order valence-electron chi connectivity index (χ3n) is 3.34. The Kier molecular flexibility index (Phi) is 3.03. The highest BCUT2D eigenvalue weighted by molar-refractivity contribution is 5.72. The van der Waals surface area contributed by atoms with Gasteiger partial charge in [-0.2, -0.15) is 0 Å². The Morgan fingerprint density at radius 1 is 1.50 bits per heavy atom. The van der Waals surface area contributed by atoms with Crippen molar-refractivity contribution in [2.24, 2.45) is 11.7 Å². The first-order valence-corrected chi connectivity index (χ1v) is 5.39. The number of rotatable bonds is 2. The standard InChI is InChI=1S/C10H18N2O2/c11-6-8-1-2-9(5-8)12-3-4-14-10(13)7-12/h8-9H,1-7,11H2. The molecule has 0 radical (unpaired) electrons. The molecule has 80 valence electrons. The SMILES string of the molecule is NCC1CCC(N2CCOC(=O)C2)C1. The van der Waals surface area contributed by atoms with E-state index in [9.17, 15) is 4.79 Å². The smallest absolute Gasteiger partial charge is 0.320 e. The molecule has 4 heteroatoms. The zero-order valence-corrected chi connectivity index (χ0v) is 8.45. The predicted octanol–water partition coefficient (Wildman–Crippen LogP) is -0.0274. The van der Waals surface area contributed by atoms with Gasteiger partial charge in [-0.1, -0.05) is 0 Å². The molecule has 4 nitrogen and oxygen atoms in total. The number of nitrogens with two attached hydrogens (primary N) is 1. The molecule has 0 bridgehead atoms. The summed E-state index contributed by atoms with van der Waals surface area (Å²) in [4.78, 5) is 13.3. The van der Waals surface area contributed by atoms with Gasteiger partial charge in [0, 0.05) is 12.6 Å². The summed E-state index contributed by atoms with van der Waals surface area (Å²) < 4.78 is 4.92. The van der Waals surface area contributed by atoms with E-state index in [4.69, 9.17) is 10.5 Å². The molecule has 1 saturated carbocycles. The fraction of sp³-hybridized carbons (Fsp3) is 0.900. The molecule has 2 N–H and O–H groups in total. The Labute approximate surface area is 84.4 Å². The molecule has 1 aliphatic carbocycles. The van der Waals surface area contributed by atoms with E-state index >= 15 is 0 Å². The van der Waals surface area contributed by atoms with Gasteiger partial charge in [0.25, 0.3) is 0 Å². The van der Waals surface area contributed by atoms with Gasteiger partial charge < -0.3 is 10.5 Å². The van der Waals surface area contributed by atoms with E-state index in [-0.39, 0.29) is 5.97 Å². The molecule has 1 heterocycles. The van der Waals surface area contributed by atoms with E-state index < -0.39 is 0 Å². The van der Waals surface area contributed by atoms with Gasteiger partial charge in [0.1, 0.15) is 6.61 Å². The highest BCUT2D eigenvalue weighted by Gasteiger charge is 2.31. The molecule has 2 fully saturated rings. The molecular formula is C10H18N2O2. The molecule has 0 spiro atoms. The lowest BCUT2D eigenvalue weighted by molar-refractivity contribution is -0.151. The number of hydrogen-bond donors (Lipinski definition) is 1. The second-order valence-corrected chi connectivity index (χ2v) is 4.26. The second kappa shape index (κ2) is 4.28. The Morgan fingerprint density at radius 2 is 2.36 bits per heavy atom. The summed E-state index contributed by atoms with van der Waals surface area (Å²) in [5.41, 5.74) is 5.64. The highest BCUT2D eigenvalue weighted by atomic mass is 16.5. The normalized spacial score (nSPS) is 34.5. The largest absolute Gasteiger partial charge is 0.463 e. The summed E-state index contributed by atoms with van der Waals surface area (Å²) in [6.45, 7) is 2.72. The molecule has 0 amide bonds. The minimum Gasteiger partial charge on any atom is -0.463 e. The molecule has 0 aromatic carbocycles. The zero-order chi connectivity index (χ0) is 9.97. The molecule has 1 saturated heterocycles. The van der Waals surface area contributed by atoms with Crippen molar-refractivity contribution in [2.45, 2.75) is 25.3 Å². The van der Waals surface area contributed by atoms with Crippen molar-refractivity contribution in [3.8, 4) is 0 Å². The van der Waals surface area contributed by atoms with Gasteiger partial charge in [-0.05, 0) is 31.7 Å². The number of esters is 1. The van der Waals surface area contributed by atoms with Crippen LogP contribution in [-0.4, -0.2) is 43.2 Å². The van der Waals surface area contributed by atoms with Gasteiger partial charge in [-0.25, -0.2) is 0 Å². The van der Waals surface area contributed by atoms with Crippen molar-refractivity contribution in [1.29, 1.82) is 0 Å². The first-order chi connectivity index (χ1) is 6.79. The summed E-state index contributed by atoms with van der Waals surface area (Å²) in [5, 5.41) is 0. The number of carbonyl (C=O) groups is 1. The quantitative estimate of drug-likeness (QED) is 0.633. The molecule has 0 aromatic rings. The van der Waals surface area contributed by atoms with Gasteiger partial charge in [-0.3, -0.25) is 9.69 Å². The summed E-state index contributed by atoms with van der Waals surface area (Å²) in [6.07, 6.45) is 3.56. The fourth-order valence-electron chi connectivity index (χ4n) is 2.47. The average Bonchev–Trinajstić information content (AvgIpc) is 2.66. The van der Waals surface area contributed by atoms with Crippen LogP contribution in [0.3, 0.4) is 0 Å². The Balaban J connectivity index is 1.86. The monoisotopic (exact) mass is 198 g/mol. The molecule has 2 atom stereocenters. The van der Waals surface area contributed by atoms with E-state index in [2.05, 4.69) is 4.90 Å². The zero-order valence-electron chi connectivity index (χ0n) is 8.45. The van der Waals surface area contributed by atoms with Gasteiger partial charge in [0.05, 0.1) is 6.54 Å². The van der Waals surface area contributed by atoms with Crippen molar-refractivity contribution in [1.82, 2.24) is 4.90 Å². The van der Waals surface area contributed by atoms with Gasteiger partial charge in [0.15, 0.2) is 0 Å². The van der Waals surface area contributed by atoms with Crippen molar-refractivity contribution in [2.75, 3.05) is 26.2 Å². The lowest BCUT2D eigenvalue weighted by Gasteiger charge is -2.31. The molecule has 0 aromatic heterocycles. The molecule has 2 rings (SSSR count). The van der Waals surface area contributed by atoms with E-state index in [0.717, 1.165) is 19.5 Å². The van der Waals surface area contributed by atoms with E-state index in [0.29, 0.717) is 25.1 Å². The predicted molar refractivity (Wildman–Crippen MR) is 52.7 cm³/mol. The van der Waals surface area contributed by atoms with Crippen molar-refractivity contribution >= 4 is 5.97 Å². The maximum absolute atomic E-state index is 11.1. The third kappa shape index (κ3) is 2.07. The highest BCUT2D eigenvalue weighted by Crippen LogP contribution is 2.28. The number of morpholine rings is 1. The fourth-order valence-corrected chi connectivity index (χ4v) is 2.47. The van der Waals surface area contributed by atoms with Crippen LogP contribution in [0.2, 0.25) is 0 Å². The van der Waals surface area contributed by atoms with Crippen molar-refractivity contribution in [3.63, 3.8) is 0 Å². The first-order valence-electron chi connectivity index (χ1n) is 5.39. The minimum absolute atomic E-state index is 0.0764. The van der Waals surface area contributed by atoms with Crippen LogP contribution in [0.5, 0.6) is 0 Å². The summed E-state index contributed by atoms with van der Waals surface area (Å²) in [7, 11) is 0. The van der Waals surface area contributed by atoms with Gasteiger partial charge in [-0.15, -0.1) is 0 Å². The van der Waals surface area contributed by atoms with Crippen LogP contribution in [0.1, 0.15) is 19.3 Å². The summed E-state index contributed by atoms with van der Waals surface area (Å²) >= 11 is 0. The number of cyclic esters (lactones) is 1. The second-order valence-electron chi connectivity index (χ2n) is 4.26. The molecule has 2 aliphatic rings.